The van der Waals surface area contributed by atoms with Gasteiger partial charge in [0.1, 0.15) is 5.75 Å². The van der Waals surface area contributed by atoms with Gasteiger partial charge in [-0.05, 0) is 46.3 Å². The Kier molecular flexibility index (Phi) is 4.41. The summed E-state index contributed by atoms with van der Waals surface area (Å²) in [6, 6.07) is 7.89. The molecule has 104 valence electrons. The Morgan fingerprint density at radius 1 is 1.20 bits per heavy atom. The number of benzene rings is 1. The van der Waals surface area contributed by atoms with Crippen molar-refractivity contribution < 1.29 is 18.7 Å². The van der Waals surface area contributed by atoms with Crippen LogP contribution in [0.3, 0.4) is 0 Å². The lowest BCUT2D eigenvalue weighted by atomic mass is 10.2. The Bertz CT molecular complexity index is 625. The van der Waals surface area contributed by atoms with E-state index in [4.69, 9.17) is 9.15 Å². The first-order chi connectivity index (χ1) is 9.61. The zero-order valence-electron chi connectivity index (χ0n) is 10.5. The van der Waals surface area contributed by atoms with Gasteiger partial charge in [0.25, 0.3) is 5.91 Å². The van der Waals surface area contributed by atoms with Crippen LogP contribution in [0.5, 0.6) is 5.75 Å². The number of ether oxygens (including phenoxy) is 1. The molecule has 0 fully saturated rings. The number of methoxy groups -OCH3 is 1. The molecule has 2 N–H and O–H groups in total. The van der Waals surface area contributed by atoms with E-state index in [1.54, 1.807) is 24.3 Å². The molecule has 0 radical (unpaired) electrons. The van der Waals surface area contributed by atoms with Crippen molar-refractivity contribution in [1.29, 1.82) is 0 Å². The molecule has 0 saturated heterocycles. The summed E-state index contributed by atoms with van der Waals surface area (Å²) >= 11 is 3.28. The van der Waals surface area contributed by atoms with Gasteiger partial charge in [-0.15, -0.1) is 0 Å². The average molecular weight is 339 g/mol. The molecule has 0 spiro atoms. The maximum Gasteiger partial charge on any atom is 0.305 e. The van der Waals surface area contributed by atoms with E-state index in [-0.39, 0.29) is 5.76 Å². The summed E-state index contributed by atoms with van der Waals surface area (Å²) in [5, 5.41) is 0. The predicted molar refractivity (Wildman–Crippen MR) is 74.3 cm³/mol. The van der Waals surface area contributed by atoms with Gasteiger partial charge in [0, 0.05) is 5.56 Å². The number of amides is 2. The van der Waals surface area contributed by atoms with Gasteiger partial charge in [-0.25, -0.2) is 0 Å². The predicted octanol–water partition coefficient (Wildman–Crippen LogP) is 2.13. The lowest BCUT2D eigenvalue weighted by Crippen LogP contribution is -2.41. The second kappa shape index (κ2) is 6.25. The summed E-state index contributed by atoms with van der Waals surface area (Å²) in [6.07, 6.45) is 1.37. The van der Waals surface area contributed by atoms with E-state index in [9.17, 15) is 9.59 Å². The smallest absolute Gasteiger partial charge is 0.305 e. The summed E-state index contributed by atoms with van der Waals surface area (Å²) in [5.41, 5.74) is 4.92. The molecule has 0 aliphatic carbocycles. The van der Waals surface area contributed by atoms with Crippen molar-refractivity contribution in [2.75, 3.05) is 7.11 Å². The molecule has 1 heterocycles. The molecule has 0 saturated carbocycles. The highest BCUT2D eigenvalue weighted by Crippen LogP contribution is 2.25. The second-order valence-corrected chi connectivity index (χ2v) is 4.59. The molecule has 0 aliphatic rings. The molecular weight excluding hydrogens is 328 g/mol. The first-order valence-electron chi connectivity index (χ1n) is 5.59. The minimum atomic E-state index is -0.532. The summed E-state index contributed by atoms with van der Waals surface area (Å²) in [5.74, 6) is -0.258. The summed E-state index contributed by atoms with van der Waals surface area (Å²) in [7, 11) is 1.53. The molecule has 0 unspecified atom stereocenters. The Balaban J connectivity index is 1.98. The molecule has 6 nitrogen and oxygen atoms in total. The highest BCUT2D eigenvalue weighted by molar-refractivity contribution is 9.10. The standard InChI is InChI=1S/C13H11BrN2O4/c1-19-10-5-4-8(7-9(10)14)12(17)15-16-13(18)11-3-2-6-20-11/h2-7H,1H3,(H,15,17)(H,16,18). The third-order valence-electron chi connectivity index (χ3n) is 2.45. The van der Waals surface area contributed by atoms with Crippen molar-refractivity contribution in [1.82, 2.24) is 10.9 Å². The number of nitrogens with one attached hydrogen (secondary N) is 2. The van der Waals surface area contributed by atoms with E-state index in [1.165, 1.54) is 19.4 Å². The fourth-order valence-electron chi connectivity index (χ4n) is 1.46. The minimum absolute atomic E-state index is 0.112. The van der Waals surface area contributed by atoms with E-state index >= 15 is 0 Å². The van der Waals surface area contributed by atoms with Crippen molar-refractivity contribution in [3.8, 4) is 5.75 Å². The van der Waals surface area contributed by atoms with Gasteiger partial charge in [-0.3, -0.25) is 20.4 Å². The van der Waals surface area contributed by atoms with Crippen LogP contribution in [0.2, 0.25) is 0 Å². The monoisotopic (exact) mass is 338 g/mol. The number of carbonyl (C=O) groups excluding carboxylic acids is 2. The third kappa shape index (κ3) is 3.18. The van der Waals surface area contributed by atoms with Crippen molar-refractivity contribution in [2.45, 2.75) is 0 Å². The number of hydrazine groups is 1. The highest BCUT2D eigenvalue weighted by atomic mass is 79.9. The zero-order chi connectivity index (χ0) is 14.5. The van der Waals surface area contributed by atoms with Crippen molar-refractivity contribution >= 4 is 27.7 Å². The Labute approximate surface area is 123 Å². The van der Waals surface area contributed by atoms with E-state index in [0.29, 0.717) is 15.8 Å². The normalized spacial score (nSPS) is 9.90. The Morgan fingerprint density at radius 2 is 1.95 bits per heavy atom. The lowest BCUT2D eigenvalue weighted by Gasteiger charge is -2.08. The molecule has 7 heteroatoms. The van der Waals surface area contributed by atoms with Crippen LogP contribution in [0.25, 0.3) is 0 Å². The number of rotatable bonds is 3. The number of halogens is 1. The Hall–Kier alpha value is -2.28. The van der Waals surface area contributed by atoms with Gasteiger partial charge in [-0.2, -0.15) is 0 Å². The lowest BCUT2D eigenvalue weighted by molar-refractivity contribution is 0.0831. The first kappa shape index (κ1) is 14.1. The molecule has 0 atom stereocenters. The highest BCUT2D eigenvalue weighted by Gasteiger charge is 2.12. The molecule has 20 heavy (non-hydrogen) atoms. The number of carbonyl (C=O) groups is 2. The van der Waals surface area contributed by atoms with Crippen LogP contribution in [-0.2, 0) is 0 Å². The fourth-order valence-corrected chi connectivity index (χ4v) is 2.00. The van der Waals surface area contributed by atoms with Crippen LogP contribution in [0.4, 0.5) is 0 Å². The summed E-state index contributed by atoms with van der Waals surface area (Å²) < 4.78 is 10.6. The van der Waals surface area contributed by atoms with Crippen LogP contribution in [0, 0.1) is 0 Å². The van der Waals surface area contributed by atoms with Crippen molar-refractivity contribution in [3.63, 3.8) is 0 Å². The van der Waals surface area contributed by atoms with E-state index in [1.807, 2.05) is 0 Å². The van der Waals surface area contributed by atoms with Crippen LogP contribution in [-0.4, -0.2) is 18.9 Å². The van der Waals surface area contributed by atoms with Crippen molar-refractivity contribution in [2.24, 2.45) is 0 Å². The first-order valence-corrected chi connectivity index (χ1v) is 6.39. The molecule has 2 amide bonds. The Morgan fingerprint density at radius 3 is 2.55 bits per heavy atom. The summed E-state index contributed by atoms with van der Waals surface area (Å²) in [4.78, 5) is 23.4. The molecule has 1 aromatic heterocycles. The van der Waals surface area contributed by atoms with E-state index in [0.717, 1.165) is 0 Å². The minimum Gasteiger partial charge on any atom is -0.496 e. The van der Waals surface area contributed by atoms with Crippen molar-refractivity contribution in [3.05, 3.63) is 52.4 Å². The molecule has 1 aromatic carbocycles. The second-order valence-electron chi connectivity index (χ2n) is 3.73. The topological polar surface area (TPSA) is 80.6 Å². The fraction of sp³-hybridized carbons (Fsp3) is 0.0769. The number of hydrogen-bond acceptors (Lipinski definition) is 4. The van der Waals surface area contributed by atoms with E-state index in [2.05, 4.69) is 26.8 Å². The maximum atomic E-state index is 11.9. The SMILES string of the molecule is COc1ccc(C(=O)NNC(=O)c2ccco2)cc1Br. The van der Waals surface area contributed by atoms with Gasteiger partial charge in [0.15, 0.2) is 5.76 Å². The van der Waals surface area contributed by atoms with Gasteiger partial charge in [-0.1, -0.05) is 0 Å². The van der Waals surface area contributed by atoms with Crippen LogP contribution < -0.4 is 15.6 Å². The average Bonchev–Trinajstić information content (AvgIpc) is 2.98. The van der Waals surface area contributed by atoms with Gasteiger partial charge < -0.3 is 9.15 Å². The van der Waals surface area contributed by atoms with E-state index < -0.39 is 11.8 Å². The number of hydrogen-bond donors (Lipinski definition) is 2. The molecular formula is C13H11BrN2O4. The molecule has 0 aliphatic heterocycles. The van der Waals surface area contributed by atoms with Gasteiger partial charge >= 0.3 is 5.91 Å². The van der Waals surface area contributed by atoms with Gasteiger partial charge in [0.2, 0.25) is 0 Å². The quantitative estimate of drug-likeness (QED) is 0.840. The van der Waals surface area contributed by atoms with Crippen LogP contribution in [0.1, 0.15) is 20.9 Å². The van der Waals surface area contributed by atoms with Crippen LogP contribution in [0.15, 0.2) is 45.5 Å². The summed E-state index contributed by atoms with van der Waals surface area (Å²) in [6.45, 7) is 0. The molecule has 0 bridgehead atoms. The molecule has 2 rings (SSSR count). The number of furan rings is 1. The zero-order valence-corrected chi connectivity index (χ0v) is 12.1. The maximum absolute atomic E-state index is 11.9. The largest absolute Gasteiger partial charge is 0.496 e. The van der Waals surface area contributed by atoms with Gasteiger partial charge in [0.05, 0.1) is 17.8 Å². The third-order valence-corrected chi connectivity index (χ3v) is 3.07. The molecule has 2 aromatic rings. The van der Waals surface area contributed by atoms with Crippen LogP contribution >= 0.6 is 15.9 Å².